The molecule has 0 spiro atoms. The summed E-state index contributed by atoms with van der Waals surface area (Å²) in [6, 6.07) is 10.1. The van der Waals surface area contributed by atoms with Crippen LogP contribution in [0.2, 0.25) is 5.02 Å². The van der Waals surface area contributed by atoms with E-state index in [4.69, 9.17) is 11.6 Å². The van der Waals surface area contributed by atoms with Crippen molar-refractivity contribution in [3.63, 3.8) is 0 Å². The third-order valence-electron chi connectivity index (χ3n) is 3.79. The van der Waals surface area contributed by atoms with E-state index in [1.54, 1.807) is 44.2 Å². The summed E-state index contributed by atoms with van der Waals surface area (Å²) in [5, 5.41) is 17.1. The second kappa shape index (κ2) is 8.49. The van der Waals surface area contributed by atoms with E-state index < -0.39 is 5.91 Å². The van der Waals surface area contributed by atoms with Crippen LogP contribution in [-0.4, -0.2) is 22.6 Å². The highest BCUT2D eigenvalue weighted by Crippen LogP contribution is 2.23. The summed E-state index contributed by atoms with van der Waals surface area (Å²) in [7, 11) is 0. The summed E-state index contributed by atoms with van der Waals surface area (Å²) >= 11 is 6.03. The van der Waals surface area contributed by atoms with Gasteiger partial charge in [0.25, 0.3) is 5.91 Å². The number of rotatable bonds is 5. The summed E-state index contributed by atoms with van der Waals surface area (Å²) in [6.07, 6.45) is 0.00599. The van der Waals surface area contributed by atoms with Gasteiger partial charge in [0.1, 0.15) is 5.75 Å². The lowest BCUT2D eigenvalue weighted by Crippen LogP contribution is -2.22. The van der Waals surface area contributed by atoms with Gasteiger partial charge in [-0.25, -0.2) is 5.43 Å². The Bertz CT molecular complexity index is 878. The fourth-order valence-electron chi connectivity index (χ4n) is 2.26. The monoisotopic (exact) mass is 373 g/mol. The molecule has 0 radical (unpaired) electrons. The standard InChI is InChI=1S/C19H20ClN3O3/c1-11-6-4-7-14(18(11)25)19(26)23-22-12(2)10-17(24)21-16-9-5-8-15(20)13(16)3/h4-9,25H,10H2,1-3H3,(H,21,24)(H,23,26)/b22-12+. The maximum atomic E-state index is 12.1. The molecule has 3 N–H and O–H groups in total. The van der Waals surface area contributed by atoms with Crippen LogP contribution in [0, 0.1) is 13.8 Å². The van der Waals surface area contributed by atoms with Crippen molar-refractivity contribution in [3.05, 3.63) is 58.1 Å². The van der Waals surface area contributed by atoms with Crippen molar-refractivity contribution in [2.75, 3.05) is 5.32 Å². The summed E-state index contributed by atoms with van der Waals surface area (Å²) in [6.45, 7) is 5.14. The van der Waals surface area contributed by atoms with Gasteiger partial charge < -0.3 is 10.4 Å². The molecule has 2 aromatic rings. The van der Waals surface area contributed by atoms with Crippen molar-refractivity contribution in [3.8, 4) is 5.75 Å². The Morgan fingerprint density at radius 3 is 2.58 bits per heavy atom. The number of halogens is 1. The van der Waals surface area contributed by atoms with Gasteiger partial charge in [0.15, 0.2) is 0 Å². The molecule has 0 atom stereocenters. The lowest BCUT2D eigenvalue weighted by atomic mass is 10.1. The molecule has 0 aliphatic carbocycles. The molecule has 0 bridgehead atoms. The molecule has 0 saturated heterocycles. The maximum absolute atomic E-state index is 12.1. The van der Waals surface area contributed by atoms with Gasteiger partial charge in [0.05, 0.1) is 12.0 Å². The average molecular weight is 374 g/mol. The van der Waals surface area contributed by atoms with Crippen molar-refractivity contribution in [2.45, 2.75) is 27.2 Å². The number of hydrazone groups is 1. The molecule has 26 heavy (non-hydrogen) atoms. The van der Waals surface area contributed by atoms with Gasteiger partial charge in [0.2, 0.25) is 5.91 Å². The normalized spacial score (nSPS) is 11.2. The first-order valence-corrected chi connectivity index (χ1v) is 8.34. The second-order valence-corrected chi connectivity index (χ2v) is 6.30. The van der Waals surface area contributed by atoms with Crippen molar-refractivity contribution >= 4 is 34.8 Å². The fraction of sp³-hybridized carbons (Fsp3) is 0.211. The molecule has 136 valence electrons. The number of carbonyl (C=O) groups is 2. The summed E-state index contributed by atoms with van der Waals surface area (Å²) < 4.78 is 0. The number of nitrogens with zero attached hydrogens (tertiary/aromatic N) is 1. The van der Waals surface area contributed by atoms with Crippen LogP contribution in [0.4, 0.5) is 5.69 Å². The third-order valence-corrected chi connectivity index (χ3v) is 4.20. The number of aromatic hydroxyl groups is 1. The summed E-state index contributed by atoms with van der Waals surface area (Å²) in [5.74, 6) is -0.909. The molecule has 2 amide bonds. The molecule has 2 aromatic carbocycles. The zero-order chi connectivity index (χ0) is 19.3. The molecule has 0 aliphatic heterocycles. The number of benzene rings is 2. The van der Waals surface area contributed by atoms with Crippen LogP contribution in [0.5, 0.6) is 5.75 Å². The molecule has 2 rings (SSSR count). The van der Waals surface area contributed by atoms with E-state index in [1.807, 2.05) is 6.92 Å². The highest BCUT2D eigenvalue weighted by atomic mass is 35.5. The Morgan fingerprint density at radius 1 is 1.15 bits per heavy atom. The van der Waals surface area contributed by atoms with E-state index in [2.05, 4.69) is 15.8 Å². The van der Waals surface area contributed by atoms with E-state index in [1.165, 1.54) is 6.07 Å². The molecule has 0 aromatic heterocycles. The number of carbonyl (C=O) groups excluding carboxylic acids is 2. The molecule has 0 saturated carbocycles. The second-order valence-electron chi connectivity index (χ2n) is 5.90. The predicted molar refractivity (Wildman–Crippen MR) is 103 cm³/mol. The molecule has 6 nitrogen and oxygen atoms in total. The van der Waals surface area contributed by atoms with Crippen LogP contribution in [0.25, 0.3) is 0 Å². The Kier molecular flexibility index (Phi) is 6.36. The number of amides is 2. The third kappa shape index (κ3) is 4.83. The Balaban J connectivity index is 1.97. The largest absolute Gasteiger partial charge is 0.507 e. The molecular weight excluding hydrogens is 354 g/mol. The number of para-hydroxylation sites is 1. The average Bonchev–Trinajstić information content (AvgIpc) is 2.59. The van der Waals surface area contributed by atoms with Crippen LogP contribution in [0.15, 0.2) is 41.5 Å². The topological polar surface area (TPSA) is 90.8 Å². The number of nitrogens with one attached hydrogen (secondary N) is 2. The fourth-order valence-corrected chi connectivity index (χ4v) is 2.43. The molecule has 0 heterocycles. The Hall–Kier alpha value is -2.86. The predicted octanol–water partition coefficient (Wildman–Crippen LogP) is 3.80. The van der Waals surface area contributed by atoms with Gasteiger partial charge >= 0.3 is 0 Å². The smallest absolute Gasteiger partial charge is 0.275 e. The summed E-state index contributed by atoms with van der Waals surface area (Å²) in [5.41, 5.74) is 4.89. The zero-order valence-electron chi connectivity index (χ0n) is 14.8. The minimum atomic E-state index is -0.545. The molecule has 0 aliphatic rings. The van der Waals surface area contributed by atoms with Gasteiger partial charge in [-0.15, -0.1) is 0 Å². The molecule has 7 heteroatoms. The number of phenols is 1. The number of hydrogen-bond donors (Lipinski definition) is 3. The van der Waals surface area contributed by atoms with Crippen molar-refractivity contribution < 1.29 is 14.7 Å². The molecule has 0 fully saturated rings. The van der Waals surface area contributed by atoms with Crippen molar-refractivity contribution in [1.82, 2.24) is 5.43 Å². The number of anilines is 1. The number of phenolic OH excluding ortho intramolecular Hbond substituents is 1. The van der Waals surface area contributed by atoms with Gasteiger partial charge in [-0.1, -0.05) is 29.8 Å². The van der Waals surface area contributed by atoms with E-state index >= 15 is 0 Å². The maximum Gasteiger partial charge on any atom is 0.275 e. The zero-order valence-corrected chi connectivity index (χ0v) is 15.5. The number of aryl methyl sites for hydroxylation is 1. The van der Waals surface area contributed by atoms with Gasteiger partial charge in [0, 0.05) is 16.4 Å². The van der Waals surface area contributed by atoms with Gasteiger partial charge in [-0.3, -0.25) is 9.59 Å². The molecule has 0 unspecified atom stereocenters. The highest BCUT2D eigenvalue weighted by Gasteiger charge is 2.12. The first-order chi connectivity index (χ1) is 12.3. The van der Waals surface area contributed by atoms with Crippen LogP contribution in [0.1, 0.15) is 34.8 Å². The van der Waals surface area contributed by atoms with E-state index in [0.29, 0.717) is 22.0 Å². The van der Waals surface area contributed by atoms with Crippen molar-refractivity contribution in [2.24, 2.45) is 5.10 Å². The Morgan fingerprint density at radius 2 is 1.85 bits per heavy atom. The summed E-state index contributed by atoms with van der Waals surface area (Å²) in [4.78, 5) is 24.2. The van der Waals surface area contributed by atoms with Gasteiger partial charge in [-0.05, 0) is 50.1 Å². The van der Waals surface area contributed by atoms with Crippen molar-refractivity contribution in [1.29, 1.82) is 0 Å². The highest BCUT2D eigenvalue weighted by molar-refractivity contribution is 6.31. The van der Waals surface area contributed by atoms with Crippen LogP contribution >= 0.6 is 11.6 Å². The first-order valence-electron chi connectivity index (χ1n) is 7.96. The first kappa shape index (κ1) is 19.5. The van der Waals surface area contributed by atoms with Gasteiger partial charge in [-0.2, -0.15) is 5.10 Å². The number of hydrogen-bond acceptors (Lipinski definition) is 4. The molecular formula is C19H20ClN3O3. The van der Waals surface area contributed by atoms with Crippen LogP contribution in [0.3, 0.4) is 0 Å². The lowest BCUT2D eigenvalue weighted by molar-refractivity contribution is -0.115. The minimum Gasteiger partial charge on any atom is -0.507 e. The van der Waals surface area contributed by atoms with E-state index in [-0.39, 0.29) is 23.6 Å². The van der Waals surface area contributed by atoms with Crippen LogP contribution < -0.4 is 10.7 Å². The lowest BCUT2D eigenvalue weighted by Gasteiger charge is -2.09. The SMILES string of the molecule is C/C(CC(=O)Nc1cccc(Cl)c1C)=N\NC(=O)c1cccc(C)c1O. The quantitative estimate of drug-likeness (QED) is 0.550. The minimum absolute atomic E-state index is 0.00599. The van der Waals surface area contributed by atoms with E-state index in [9.17, 15) is 14.7 Å². The Labute approximate surface area is 156 Å². The van der Waals surface area contributed by atoms with Crippen LogP contribution in [-0.2, 0) is 4.79 Å². The van der Waals surface area contributed by atoms with E-state index in [0.717, 1.165) is 5.56 Å².